The molecular weight excluding hydrogens is 256 g/mol. The van der Waals surface area contributed by atoms with Crippen LogP contribution in [-0.2, 0) is 6.42 Å². The van der Waals surface area contributed by atoms with Gasteiger partial charge in [-0.3, -0.25) is 0 Å². The summed E-state index contributed by atoms with van der Waals surface area (Å²) in [6, 6.07) is 2.18. The first kappa shape index (κ1) is 18.1. The molecule has 0 aliphatic carbocycles. The Morgan fingerprint density at radius 3 is 2.10 bits per heavy atom. The SMILES string of the molecule is CCCCCCCCC=CCCCCc1cc(C)c(C)o1. The highest BCUT2D eigenvalue weighted by Gasteiger charge is 2.02. The minimum Gasteiger partial charge on any atom is -0.466 e. The quantitative estimate of drug-likeness (QED) is 0.301. The molecule has 0 amide bonds. The number of furan rings is 1. The third-order valence-electron chi connectivity index (χ3n) is 4.15. The Morgan fingerprint density at radius 1 is 0.857 bits per heavy atom. The fourth-order valence-electron chi connectivity index (χ4n) is 2.61. The maximum atomic E-state index is 5.70. The van der Waals surface area contributed by atoms with E-state index in [2.05, 4.69) is 32.1 Å². The van der Waals surface area contributed by atoms with Crippen LogP contribution in [0.15, 0.2) is 22.6 Å². The first-order chi connectivity index (χ1) is 10.2. The third-order valence-corrected chi connectivity index (χ3v) is 4.15. The Morgan fingerprint density at radius 2 is 1.48 bits per heavy atom. The van der Waals surface area contributed by atoms with Crippen LogP contribution in [0, 0.1) is 13.8 Å². The van der Waals surface area contributed by atoms with E-state index in [-0.39, 0.29) is 0 Å². The molecule has 0 aliphatic rings. The van der Waals surface area contributed by atoms with Gasteiger partial charge in [-0.25, -0.2) is 0 Å². The average Bonchev–Trinajstić information content (AvgIpc) is 2.79. The van der Waals surface area contributed by atoms with Gasteiger partial charge < -0.3 is 4.42 Å². The summed E-state index contributed by atoms with van der Waals surface area (Å²) in [7, 11) is 0. The van der Waals surface area contributed by atoms with Gasteiger partial charge in [-0.2, -0.15) is 0 Å². The molecule has 21 heavy (non-hydrogen) atoms. The zero-order valence-corrected chi connectivity index (χ0v) is 14.4. The predicted molar refractivity (Wildman–Crippen MR) is 92.9 cm³/mol. The highest BCUT2D eigenvalue weighted by molar-refractivity contribution is 5.18. The van der Waals surface area contributed by atoms with Crippen molar-refractivity contribution in [1.82, 2.24) is 0 Å². The summed E-state index contributed by atoms with van der Waals surface area (Å²) >= 11 is 0. The summed E-state index contributed by atoms with van der Waals surface area (Å²) in [6.07, 6.45) is 19.2. The van der Waals surface area contributed by atoms with Crippen molar-refractivity contribution in [3.63, 3.8) is 0 Å². The second-order valence-corrected chi connectivity index (χ2v) is 6.23. The van der Waals surface area contributed by atoms with Crippen LogP contribution >= 0.6 is 0 Å². The summed E-state index contributed by atoms with van der Waals surface area (Å²) in [5.74, 6) is 2.23. The molecule has 1 aromatic heterocycles. The lowest BCUT2D eigenvalue weighted by Crippen LogP contribution is -1.82. The molecule has 1 heteroatoms. The molecule has 0 aliphatic heterocycles. The van der Waals surface area contributed by atoms with Gasteiger partial charge in [0.05, 0.1) is 0 Å². The Labute approximate surface area is 131 Å². The van der Waals surface area contributed by atoms with Crippen molar-refractivity contribution in [2.75, 3.05) is 0 Å². The van der Waals surface area contributed by atoms with Crippen LogP contribution in [0.5, 0.6) is 0 Å². The molecule has 0 atom stereocenters. The topological polar surface area (TPSA) is 13.1 Å². The summed E-state index contributed by atoms with van der Waals surface area (Å²) in [5, 5.41) is 0. The van der Waals surface area contributed by atoms with Gasteiger partial charge in [0.1, 0.15) is 11.5 Å². The zero-order chi connectivity index (χ0) is 15.3. The molecule has 0 spiro atoms. The Bertz CT molecular complexity index is 367. The van der Waals surface area contributed by atoms with Crippen LogP contribution in [0.1, 0.15) is 88.2 Å². The number of rotatable bonds is 12. The Balaban J connectivity index is 1.90. The van der Waals surface area contributed by atoms with Crippen LogP contribution in [-0.4, -0.2) is 0 Å². The molecule has 0 saturated carbocycles. The van der Waals surface area contributed by atoms with Crippen molar-refractivity contribution in [2.24, 2.45) is 0 Å². The molecule has 0 unspecified atom stereocenters. The van der Waals surface area contributed by atoms with Crippen molar-refractivity contribution >= 4 is 0 Å². The number of hydrogen-bond donors (Lipinski definition) is 0. The fourth-order valence-corrected chi connectivity index (χ4v) is 2.61. The van der Waals surface area contributed by atoms with E-state index in [1.807, 2.05) is 6.92 Å². The van der Waals surface area contributed by atoms with Gasteiger partial charge in [0.15, 0.2) is 0 Å². The van der Waals surface area contributed by atoms with Crippen LogP contribution in [0.2, 0.25) is 0 Å². The van der Waals surface area contributed by atoms with Crippen LogP contribution in [0.4, 0.5) is 0 Å². The van der Waals surface area contributed by atoms with Crippen molar-refractivity contribution in [1.29, 1.82) is 0 Å². The molecule has 0 saturated heterocycles. The molecule has 0 N–H and O–H groups in total. The standard InChI is InChI=1S/C20H34O/c1-4-5-6-7-8-9-10-11-12-13-14-15-16-20-17-18(2)19(3)21-20/h11-12,17H,4-10,13-16H2,1-3H3. The molecule has 0 radical (unpaired) electrons. The molecule has 0 fully saturated rings. The van der Waals surface area contributed by atoms with Crippen molar-refractivity contribution in [3.05, 3.63) is 35.3 Å². The van der Waals surface area contributed by atoms with Crippen LogP contribution < -0.4 is 0 Å². The Kier molecular flexibility index (Phi) is 10.0. The summed E-state index contributed by atoms with van der Waals surface area (Å²) in [6.45, 7) is 6.44. The first-order valence-corrected chi connectivity index (χ1v) is 8.95. The average molecular weight is 290 g/mol. The number of allylic oxidation sites excluding steroid dienone is 2. The summed E-state index contributed by atoms with van der Waals surface area (Å²) < 4.78 is 5.70. The van der Waals surface area contributed by atoms with Gasteiger partial charge in [-0.15, -0.1) is 0 Å². The number of hydrogen-bond acceptors (Lipinski definition) is 1. The molecule has 1 nitrogen and oxygen atoms in total. The third kappa shape index (κ3) is 8.80. The van der Waals surface area contributed by atoms with Crippen molar-refractivity contribution in [3.8, 4) is 0 Å². The molecule has 1 rings (SSSR count). The van der Waals surface area contributed by atoms with Gasteiger partial charge in [0, 0.05) is 6.42 Å². The van der Waals surface area contributed by atoms with E-state index in [0.717, 1.165) is 17.9 Å². The molecular formula is C20H34O. The smallest absolute Gasteiger partial charge is 0.104 e. The first-order valence-electron chi connectivity index (χ1n) is 8.95. The van der Waals surface area contributed by atoms with Crippen LogP contribution in [0.25, 0.3) is 0 Å². The fraction of sp³-hybridized carbons (Fsp3) is 0.700. The van der Waals surface area contributed by atoms with E-state index in [1.54, 1.807) is 0 Å². The van der Waals surface area contributed by atoms with Crippen molar-refractivity contribution < 1.29 is 4.42 Å². The zero-order valence-electron chi connectivity index (χ0n) is 14.4. The number of unbranched alkanes of at least 4 members (excludes halogenated alkanes) is 8. The lowest BCUT2D eigenvalue weighted by Gasteiger charge is -1.98. The molecule has 0 aromatic carbocycles. The van der Waals surface area contributed by atoms with E-state index >= 15 is 0 Å². The molecule has 0 bridgehead atoms. The maximum absolute atomic E-state index is 5.70. The van der Waals surface area contributed by atoms with Crippen molar-refractivity contribution in [2.45, 2.75) is 91.4 Å². The second-order valence-electron chi connectivity index (χ2n) is 6.23. The van der Waals surface area contributed by atoms with E-state index in [0.29, 0.717) is 0 Å². The largest absolute Gasteiger partial charge is 0.466 e. The van der Waals surface area contributed by atoms with Gasteiger partial charge in [-0.05, 0) is 57.6 Å². The minimum absolute atomic E-state index is 1.07. The summed E-state index contributed by atoms with van der Waals surface area (Å²) in [4.78, 5) is 0. The second kappa shape index (κ2) is 11.7. The number of aryl methyl sites for hydroxylation is 3. The van der Waals surface area contributed by atoms with Gasteiger partial charge >= 0.3 is 0 Å². The predicted octanol–water partition coefficient (Wildman–Crippen LogP) is 6.92. The van der Waals surface area contributed by atoms with E-state index in [9.17, 15) is 0 Å². The highest BCUT2D eigenvalue weighted by atomic mass is 16.3. The van der Waals surface area contributed by atoms with Crippen LogP contribution in [0.3, 0.4) is 0 Å². The van der Waals surface area contributed by atoms with Gasteiger partial charge in [-0.1, -0.05) is 51.2 Å². The van der Waals surface area contributed by atoms with E-state index < -0.39 is 0 Å². The highest BCUT2D eigenvalue weighted by Crippen LogP contribution is 2.15. The van der Waals surface area contributed by atoms with Gasteiger partial charge in [0.2, 0.25) is 0 Å². The molecule has 120 valence electrons. The Hall–Kier alpha value is -0.980. The minimum atomic E-state index is 1.07. The lowest BCUT2D eigenvalue weighted by molar-refractivity contribution is 0.473. The van der Waals surface area contributed by atoms with E-state index in [1.165, 1.54) is 69.8 Å². The molecule has 1 heterocycles. The monoisotopic (exact) mass is 290 g/mol. The lowest BCUT2D eigenvalue weighted by atomic mass is 10.1. The molecule has 1 aromatic rings. The van der Waals surface area contributed by atoms with Gasteiger partial charge in [0.25, 0.3) is 0 Å². The maximum Gasteiger partial charge on any atom is 0.104 e. The normalized spacial score (nSPS) is 11.6. The van der Waals surface area contributed by atoms with E-state index in [4.69, 9.17) is 4.42 Å². The summed E-state index contributed by atoms with van der Waals surface area (Å²) in [5.41, 5.74) is 1.28.